The maximum absolute atomic E-state index is 13.0. The second-order valence-electron chi connectivity index (χ2n) is 9.99. The average Bonchev–Trinajstić information content (AvgIpc) is 2.97. The highest BCUT2D eigenvalue weighted by Gasteiger charge is 2.19. The van der Waals surface area contributed by atoms with Crippen molar-refractivity contribution in [2.45, 2.75) is 11.3 Å². The van der Waals surface area contributed by atoms with Crippen molar-refractivity contribution in [2.24, 2.45) is 0 Å². The number of nitrogens with one attached hydrogen (secondary N) is 1. The van der Waals surface area contributed by atoms with E-state index in [-0.39, 0.29) is 14.9 Å². The summed E-state index contributed by atoms with van der Waals surface area (Å²) in [5.41, 5.74) is 0.974. The van der Waals surface area contributed by atoms with Gasteiger partial charge in [0.25, 0.3) is 10.0 Å². The maximum Gasteiger partial charge on any atom is 0.263 e. The number of anilines is 1. The van der Waals surface area contributed by atoms with E-state index in [9.17, 15) is 8.42 Å². The quantitative estimate of drug-likeness (QED) is 0.197. The molecule has 1 N–H and O–H groups in total. The van der Waals surface area contributed by atoms with Gasteiger partial charge in [-0.1, -0.05) is 29.3 Å². The predicted octanol–water partition coefficient (Wildman–Crippen LogP) is 6.16. The molecule has 0 aliphatic carbocycles. The molecule has 2 heterocycles. The van der Waals surface area contributed by atoms with Gasteiger partial charge in [-0.25, -0.2) is 8.42 Å². The van der Waals surface area contributed by atoms with Gasteiger partial charge in [0.2, 0.25) is 0 Å². The fraction of sp³-hybridized carbons (Fsp3) is 0.300. The number of sulfonamides is 1. The van der Waals surface area contributed by atoms with Crippen LogP contribution in [-0.2, 0) is 10.0 Å². The number of hydrogen-bond donors (Lipinski definition) is 1. The van der Waals surface area contributed by atoms with Gasteiger partial charge in [-0.2, -0.15) is 0 Å². The maximum atomic E-state index is 13.0. The van der Waals surface area contributed by atoms with Crippen LogP contribution in [0.4, 0.5) is 5.69 Å². The number of ether oxygens (including phenoxy) is 3. The Morgan fingerprint density at radius 2 is 1.76 bits per heavy atom. The van der Waals surface area contributed by atoms with Gasteiger partial charge >= 0.3 is 0 Å². The largest absolute Gasteiger partial charge is 0.493 e. The van der Waals surface area contributed by atoms with E-state index in [0.29, 0.717) is 40.8 Å². The standard InChI is InChI=1S/C30H32Cl2N4O5S/c1-35-12-14-36(15-13-35)11-4-16-40-29-20-26-24(19-28(29)39-2)27(9-10-33-26)41-23-6-3-5-22(18-23)34-42(37,38)30-17-21(31)7-8-25(30)32/h3,5-10,17-20,34H,4,11-16H2,1-2H3. The number of rotatable bonds is 11. The summed E-state index contributed by atoms with van der Waals surface area (Å²) >= 11 is 12.1. The Kier molecular flexibility index (Phi) is 9.60. The first-order valence-electron chi connectivity index (χ1n) is 13.5. The summed E-state index contributed by atoms with van der Waals surface area (Å²) in [6, 6.07) is 16.3. The fourth-order valence-electron chi connectivity index (χ4n) is 4.67. The molecule has 1 saturated heterocycles. The van der Waals surface area contributed by atoms with Gasteiger partial charge in [0.05, 0.1) is 29.9 Å². The molecule has 5 rings (SSSR count). The van der Waals surface area contributed by atoms with Gasteiger partial charge < -0.3 is 24.0 Å². The molecule has 222 valence electrons. The van der Waals surface area contributed by atoms with Crippen molar-refractivity contribution in [1.29, 1.82) is 0 Å². The summed E-state index contributed by atoms with van der Waals surface area (Å²) in [4.78, 5) is 9.18. The van der Waals surface area contributed by atoms with E-state index in [4.69, 9.17) is 37.4 Å². The predicted molar refractivity (Wildman–Crippen MR) is 166 cm³/mol. The number of piperazine rings is 1. The number of fused-ring (bicyclic) bond motifs is 1. The molecular formula is C30H32Cl2N4O5S. The SMILES string of the molecule is COc1cc2c(Oc3cccc(NS(=O)(=O)c4cc(Cl)ccc4Cl)c3)ccnc2cc1OCCCN1CCN(C)CC1. The van der Waals surface area contributed by atoms with Gasteiger partial charge in [-0.3, -0.25) is 9.71 Å². The first-order chi connectivity index (χ1) is 20.2. The molecule has 12 heteroatoms. The van der Waals surface area contributed by atoms with E-state index in [1.165, 1.54) is 18.2 Å². The van der Waals surface area contributed by atoms with Crippen LogP contribution in [0.25, 0.3) is 10.9 Å². The molecule has 0 bridgehead atoms. The molecule has 0 amide bonds. The molecule has 1 fully saturated rings. The van der Waals surface area contributed by atoms with E-state index in [0.717, 1.165) is 44.5 Å². The van der Waals surface area contributed by atoms with Crippen LogP contribution in [0, 0.1) is 0 Å². The number of hydrogen-bond acceptors (Lipinski definition) is 8. The van der Waals surface area contributed by atoms with E-state index in [1.54, 1.807) is 43.6 Å². The normalized spacial score (nSPS) is 14.6. The number of halogens is 2. The number of benzene rings is 3. The minimum atomic E-state index is -3.99. The van der Waals surface area contributed by atoms with Crippen molar-refractivity contribution in [3.8, 4) is 23.0 Å². The van der Waals surface area contributed by atoms with Crippen LogP contribution in [-0.4, -0.2) is 76.7 Å². The molecule has 9 nitrogen and oxygen atoms in total. The number of nitrogens with zero attached hydrogens (tertiary/aromatic N) is 3. The highest BCUT2D eigenvalue weighted by molar-refractivity contribution is 7.92. The van der Waals surface area contributed by atoms with Crippen LogP contribution in [0.3, 0.4) is 0 Å². The third-order valence-electron chi connectivity index (χ3n) is 6.96. The molecule has 0 atom stereocenters. The van der Waals surface area contributed by atoms with Gasteiger partial charge in [-0.15, -0.1) is 0 Å². The molecule has 0 unspecified atom stereocenters. The Morgan fingerprint density at radius 1 is 0.952 bits per heavy atom. The lowest BCUT2D eigenvalue weighted by molar-refractivity contribution is 0.145. The van der Waals surface area contributed by atoms with Crippen molar-refractivity contribution in [2.75, 3.05) is 58.2 Å². The Balaban J connectivity index is 1.29. The van der Waals surface area contributed by atoms with E-state index < -0.39 is 10.0 Å². The molecule has 1 aliphatic rings. The van der Waals surface area contributed by atoms with Gasteiger partial charge in [0, 0.05) is 61.5 Å². The molecule has 3 aromatic carbocycles. The Morgan fingerprint density at radius 3 is 2.55 bits per heavy atom. The van der Waals surface area contributed by atoms with E-state index >= 15 is 0 Å². The van der Waals surface area contributed by atoms with E-state index in [2.05, 4.69) is 26.6 Å². The number of methoxy groups -OCH3 is 1. The smallest absolute Gasteiger partial charge is 0.263 e. The summed E-state index contributed by atoms with van der Waals surface area (Å²) in [5, 5.41) is 1.04. The number of pyridine rings is 1. The first-order valence-corrected chi connectivity index (χ1v) is 15.7. The second-order valence-corrected chi connectivity index (χ2v) is 12.5. The number of aromatic nitrogens is 1. The summed E-state index contributed by atoms with van der Waals surface area (Å²) in [7, 11) is -0.244. The summed E-state index contributed by atoms with van der Waals surface area (Å²) < 4.78 is 46.4. The third kappa shape index (κ3) is 7.37. The molecule has 4 aromatic rings. The molecule has 42 heavy (non-hydrogen) atoms. The molecule has 1 aromatic heterocycles. The monoisotopic (exact) mass is 630 g/mol. The highest BCUT2D eigenvalue weighted by atomic mass is 35.5. The van der Waals surface area contributed by atoms with Crippen LogP contribution in [0.15, 0.2) is 71.8 Å². The Bertz CT molecular complexity index is 1660. The van der Waals surface area contributed by atoms with Gasteiger partial charge in [0.1, 0.15) is 16.4 Å². The van der Waals surface area contributed by atoms with Crippen LogP contribution >= 0.6 is 23.2 Å². The summed E-state index contributed by atoms with van der Waals surface area (Å²) in [6.07, 6.45) is 2.56. The van der Waals surface area contributed by atoms with Crippen LogP contribution < -0.4 is 18.9 Å². The molecule has 1 aliphatic heterocycles. The molecule has 0 saturated carbocycles. The first kappa shape index (κ1) is 30.2. The Hall–Kier alpha value is -3.28. The van der Waals surface area contributed by atoms with Crippen LogP contribution in [0.2, 0.25) is 10.0 Å². The van der Waals surface area contributed by atoms with Crippen molar-refractivity contribution < 1.29 is 22.6 Å². The Labute approximate surface area is 256 Å². The van der Waals surface area contributed by atoms with Crippen LogP contribution in [0.1, 0.15) is 6.42 Å². The zero-order chi connectivity index (χ0) is 29.7. The fourth-order valence-corrected chi connectivity index (χ4v) is 6.49. The van der Waals surface area contributed by atoms with Crippen molar-refractivity contribution >= 4 is 49.8 Å². The topological polar surface area (TPSA) is 93.2 Å². The molecular weight excluding hydrogens is 599 g/mol. The van der Waals surface area contributed by atoms with E-state index in [1.807, 2.05) is 12.1 Å². The minimum absolute atomic E-state index is 0.0647. The lowest BCUT2D eigenvalue weighted by Crippen LogP contribution is -2.44. The lowest BCUT2D eigenvalue weighted by Gasteiger charge is -2.32. The molecule has 0 spiro atoms. The number of likely N-dealkylation sites (N-methyl/N-ethyl adjacent to an activating group) is 1. The molecule has 0 radical (unpaired) electrons. The second kappa shape index (κ2) is 13.4. The van der Waals surface area contributed by atoms with Crippen molar-refractivity contribution in [3.63, 3.8) is 0 Å². The highest BCUT2D eigenvalue weighted by Crippen LogP contribution is 2.37. The van der Waals surface area contributed by atoms with Gasteiger partial charge in [0.15, 0.2) is 11.5 Å². The van der Waals surface area contributed by atoms with Crippen molar-refractivity contribution in [1.82, 2.24) is 14.8 Å². The summed E-state index contributed by atoms with van der Waals surface area (Å²) in [5.74, 6) is 2.13. The third-order valence-corrected chi connectivity index (χ3v) is 9.05. The zero-order valence-corrected chi connectivity index (χ0v) is 25.7. The van der Waals surface area contributed by atoms with Crippen LogP contribution in [0.5, 0.6) is 23.0 Å². The summed E-state index contributed by atoms with van der Waals surface area (Å²) in [6.45, 7) is 5.89. The lowest BCUT2D eigenvalue weighted by atomic mass is 10.1. The zero-order valence-electron chi connectivity index (χ0n) is 23.3. The van der Waals surface area contributed by atoms with Gasteiger partial charge in [-0.05, 0) is 55.9 Å². The minimum Gasteiger partial charge on any atom is -0.493 e. The van der Waals surface area contributed by atoms with Crippen molar-refractivity contribution in [3.05, 3.63) is 76.9 Å². The average molecular weight is 632 g/mol.